The van der Waals surface area contributed by atoms with Crippen LogP contribution < -0.4 is 16.4 Å². The quantitative estimate of drug-likeness (QED) is 0.443. The molecule has 8 heteroatoms. The number of aromatic amines is 1. The van der Waals surface area contributed by atoms with Crippen molar-refractivity contribution in [2.75, 3.05) is 10.6 Å². The third-order valence-corrected chi connectivity index (χ3v) is 7.16. The van der Waals surface area contributed by atoms with Gasteiger partial charge in [0.1, 0.15) is 11.6 Å². The minimum Gasteiger partial charge on any atom is -0.337 e. The van der Waals surface area contributed by atoms with Crippen LogP contribution in [-0.2, 0) is 9.59 Å². The molecule has 0 bridgehead atoms. The van der Waals surface area contributed by atoms with E-state index in [2.05, 4.69) is 25.6 Å². The number of anilines is 2. The number of rotatable bonds is 5. The van der Waals surface area contributed by atoms with Crippen LogP contribution in [0.25, 0.3) is 22.4 Å². The van der Waals surface area contributed by atoms with E-state index in [4.69, 9.17) is 5.73 Å². The maximum absolute atomic E-state index is 12.5. The summed E-state index contributed by atoms with van der Waals surface area (Å²) in [6, 6.07) is 9.69. The number of fused-ring (bicyclic) bond motifs is 1. The van der Waals surface area contributed by atoms with Crippen LogP contribution in [0.15, 0.2) is 36.5 Å². The van der Waals surface area contributed by atoms with Gasteiger partial charge in [-0.05, 0) is 62.8 Å². The summed E-state index contributed by atoms with van der Waals surface area (Å²) in [7, 11) is 0. The number of aromatic nitrogens is 3. The molecule has 2 aliphatic rings. The molecule has 2 saturated carbocycles. The highest BCUT2D eigenvalue weighted by Crippen LogP contribution is 2.27. The van der Waals surface area contributed by atoms with Crippen molar-refractivity contribution < 1.29 is 9.59 Å². The van der Waals surface area contributed by atoms with Crippen LogP contribution >= 0.6 is 0 Å². The Morgan fingerprint density at radius 1 is 0.882 bits per heavy atom. The van der Waals surface area contributed by atoms with Crippen molar-refractivity contribution >= 4 is 34.4 Å². The zero-order valence-electron chi connectivity index (χ0n) is 19.3. The van der Waals surface area contributed by atoms with Gasteiger partial charge >= 0.3 is 0 Å². The Morgan fingerprint density at radius 3 is 2.29 bits per heavy atom. The SMILES string of the molecule is NC1CCC(C(=O)Nc2ccc(-c3nc4cc(NC(=O)C5CCCCC5)ncc4[nH]3)cc2)CC1. The first kappa shape index (κ1) is 22.5. The molecule has 2 aromatic heterocycles. The summed E-state index contributed by atoms with van der Waals surface area (Å²) in [5.74, 6) is 1.48. The number of nitrogens with zero attached hydrogens (tertiary/aromatic N) is 2. The molecule has 0 spiro atoms. The molecule has 2 heterocycles. The van der Waals surface area contributed by atoms with E-state index in [0.717, 1.165) is 73.7 Å². The van der Waals surface area contributed by atoms with Crippen LogP contribution in [0.3, 0.4) is 0 Å². The van der Waals surface area contributed by atoms with Crippen molar-refractivity contribution in [2.24, 2.45) is 17.6 Å². The fourth-order valence-electron chi connectivity index (χ4n) is 5.04. The minimum atomic E-state index is 0.0372. The van der Waals surface area contributed by atoms with Gasteiger partial charge < -0.3 is 21.4 Å². The van der Waals surface area contributed by atoms with E-state index in [-0.39, 0.29) is 29.7 Å². The van der Waals surface area contributed by atoms with Gasteiger partial charge in [-0.3, -0.25) is 9.59 Å². The molecule has 1 aromatic carbocycles. The van der Waals surface area contributed by atoms with E-state index in [1.807, 2.05) is 24.3 Å². The van der Waals surface area contributed by atoms with Gasteiger partial charge in [-0.1, -0.05) is 19.3 Å². The Hall–Kier alpha value is -3.26. The zero-order valence-corrected chi connectivity index (χ0v) is 19.3. The topological polar surface area (TPSA) is 126 Å². The summed E-state index contributed by atoms with van der Waals surface area (Å²) in [5.41, 5.74) is 9.18. The Kier molecular flexibility index (Phi) is 6.58. The number of nitrogens with one attached hydrogen (secondary N) is 3. The first-order chi connectivity index (χ1) is 16.5. The third-order valence-electron chi connectivity index (χ3n) is 7.16. The van der Waals surface area contributed by atoms with E-state index in [9.17, 15) is 9.59 Å². The number of amides is 2. The molecule has 2 amide bonds. The van der Waals surface area contributed by atoms with Gasteiger partial charge in [0.05, 0.1) is 17.2 Å². The molecule has 0 aliphatic heterocycles. The summed E-state index contributed by atoms with van der Waals surface area (Å²) >= 11 is 0. The van der Waals surface area contributed by atoms with E-state index in [1.165, 1.54) is 6.42 Å². The molecule has 0 atom stereocenters. The van der Waals surface area contributed by atoms with Crippen LogP contribution in [0.5, 0.6) is 0 Å². The second-order valence-corrected chi connectivity index (χ2v) is 9.67. The highest BCUT2D eigenvalue weighted by Gasteiger charge is 2.25. The number of nitrogens with two attached hydrogens (primary N) is 1. The summed E-state index contributed by atoms with van der Waals surface area (Å²) in [6.45, 7) is 0. The number of benzene rings is 1. The van der Waals surface area contributed by atoms with Gasteiger partial charge in [-0.25, -0.2) is 9.97 Å². The molecule has 8 nitrogen and oxygen atoms in total. The fourth-order valence-corrected chi connectivity index (χ4v) is 5.04. The van der Waals surface area contributed by atoms with E-state index in [0.29, 0.717) is 11.6 Å². The lowest BCUT2D eigenvalue weighted by atomic mass is 9.86. The number of carbonyl (C=O) groups excluding carboxylic acids is 2. The predicted octanol–water partition coefficient (Wildman–Crippen LogP) is 4.60. The molecular formula is C26H32N6O2. The molecule has 2 aliphatic carbocycles. The first-order valence-corrected chi connectivity index (χ1v) is 12.4. The Bertz CT molecular complexity index is 1160. The van der Waals surface area contributed by atoms with Crippen molar-refractivity contribution in [3.05, 3.63) is 36.5 Å². The van der Waals surface area contributed by atoms with Gasteiger partial charge in [-0.2, -0.15) is 0 Å². The number of carbonyl (C=O) groups is 2. The third kappa shape index (κ3) is 5.12. The predicted molar refractivity (Wildman–Crippen MR) is 133 cm³/mol. The van der Waals surface area contributed by atoms with Crippen molar-refractivity contribution in [1.82, 2.24) is 15.0 Å². The van der Waals surface area contributed by atoms with E-state index >= 15 is 0 Å². The largest absolute Gasteiger partial charge is 0.337 e. The summed E-state index contributed by atoms with van der Waals surface area (Å²) in [5, 5.41) is 5.98. The van der Waals surface area contributed by atoms with Crippen molar-refractivity contribution in [2.45, 2.75) is 63.8 Å². The lowest BCUT2D eigenvalue weighted by Gasteiger charge is -2.25. The summed E-state index contributed by atoms with van der Waals surface area (Å²) < 4.78 is 0. The number of imidazole rings is 1. The molecule has 0 radical (unpaired) electrons. The average Bonchev–Trinajstić information content (AvgIpc) is 3.29. The van der Waals surface area contributed by atoms with Gasteiger partial charge in [0.15, 0.2) is 0 Å². The molecule has 0 saturated heterocycles. The highest BCUT2D eigenvalue weighted by molar-refractivity contribution is 5.94. The van der Waals surface area contributed by atoms with Gasteiger partial charge in [0, 0.05) is 35.2 Å². The first-order valence-electron chi connectivity index (χ1n) is 12.4. The van der Waals surface area contributed by atoms with Crippen molar-refractivity contribution in [1.29, 1.82) is 0 Å². The summed E-state index contributed by atoms with van der Waals surface area (Å²) in [4.78, 5) is 37.4. The summed E-state index contributed by atoms with van der Waals surface area (Å²) in [6.07, 6.45) is 10.6. The van der Waals surface area contributed by atoms with Crippen LogP contribution in [-0.4, -0.2) is 32.8 Å². The molecule has 178 valence electrons. The molecular weight excluding hydrogens is 428 g/mol. The van der Waals surface area contributed by atoms with E-state index < -0.39 is 0 Å². The second-order valence-electron chi connectivity index (χ2n) is 9.67. The van der Waals surface area contributed by atoms with Crippen LogP contribution in [0.4, 0.5) is 11.5 Å². The van der Waals surface area contributed by atoms with Crippen molar-refractivity contribution in [3.63, 3.8) is 0 Å². The van der Waals surface area contributed by atoms with Crippen molar-refractivity contribution in [3.8, 4) is 11.4 Å². The molecule has 5 N–H and O–H groups in total. The molecule has 34 heavy (non-hydrogen) atoms. The standard InChI is InChI=1S/C26H32N6O2/c27-19-10-6-18(7-11-19)25(33)29-20-12-8-16(9-13-20)24-30-21-14-23(28-15-22(21)31-24)32-26(34)17-4-2-1-3-5-17/h8-9,12-15,17-19H,1-7,10-11,27H2,(H,29,33)(H,30,31)(H,28,32,34). The highest BCUT2D eigenvalue weighted by atomic mass is 16.2. The number of H-pyrrole nitrogens is 1. The monoisotopic (exact) mass is 460 g/mol. The average molecular weight is 461 g/mol. The lowest BCUT2D eigenvalue weighted by Crippen LogP contribution is -2.32. The van der Waals surface area contributed by atoms with E-state index in [1.54, 1.807) is 12.3 Å². The Balaban J connectivity index is 1.24. The number of pyridine rings is 1. The number of hydrogen-bond acceptors (Lipinski definition) is 5. The fraction of sp³-hybridized carbons (Fsp3) is 0.462. The second kappa shape index (κ2) is 9.93. The molecule has 2 fully saturated rings. The smallest absolute Gasteiger partial charge is 0.228 e. The normalized spacial score (nSPS) is 21.3. The molecule has 0 unspecified atom stereocenters. The Labute approximate surface area is 199 Å². The van der Waals surface area contributed by atoms with Crippen LogP contribution in [0.2, 0.25) is 0 Å². The number of hydrogen-bond donors (Lipinski definition) is 4. The maximum Gasteiger partial charge on any atom is 0.228 e. The van der Waals surface area contributed by atoms with Crippen LogP contribution in [0.1, 0.15) is 57.8 Å². The molecule has 3 aromatic rings. The maximum atomic E-state index is 12.5. The van der Waals surface area contributed by atoms with Gasteiger partial charge in [-0.15, -0.1) is 0 Å². The van der Waals surface area contributed by atoms with Gasteiger partial charge in [0.25, 0.3) is 0 Å². The molecule has 5 rings (SSSR count). The minimum absolute atomic E-state index is 0.0372. The van der Waals surface area contributed by atoms with Crippen LogP contribution in [0, 0.1) is 11.8 Å². The lowest BCUT2D eigenvalue weighted by molar-refractivity contribution is -0.121. The Morgan fingerprint density at radius 2 is 1.56 bits per heavy atom. The van der Waals surface area contributed by atoms with Gasteiger partial charge in [0.2, 0.25) is 11.8 Å². The zero-order chi connectivity index (χ0) is 23.5.